The number of nitrogens with zero attached hydrogens (tertiary/aromatic N) is 3. The quantitative estimate of drug-likeness (QED) is 0.461. The number of non-ortho nitro benzene ring substituents is 1. The van der Waals surface area contributed by atoms with E-state index in [4.69, 9.17) is 11.6 Å². The molecule has 0 aliphatic rings. The molecule has 2 aromatic carbocycles. The lowest BCUT2D eigenvalue weighted by Gasteiger charge is -2.17. The molecule has 0 atom stereocenters. The summed E-state index contributed by atoms with van der Waals surface area (Å²) in [6.45, 7) is 0.221. The molecular formula is C18H16ClN3O3S. The minimum Gasteiger partial charge on any atom is -0.341 e. The van der Waals surface area contributed by atoms with Crippen molar-refractivity contribution in [3.05, 3.63) is 68.2 Å². The molecule has 0 unspecified atom stereocenters. The average molecular weight is 390 g/mol. The largest absolute Gasteiger partial charge is 0.341 e. The number of fused-ring (bicyclic) bond motifs is 1. The van der Waals surface area contributed by atoms with Gasteiger partial charge in [0, 0.05) is 43.6 Å². The second kappa shape index (κ2) is 7.80. The number of hydrogen-bond acceptors (Lipinski definition) is 5. The molecule has 0 aliphatic heterocycles. The molecule has 0 radical (unpaired) electrons. The Hall–Kier alpha value is -2.51. The second-order valence-electron chi connectivity index (χ2n) is 5.86. The zero-order valence-electron chi connectivity index (χ0n) is 14.0. The topological polar surface area (TPSA) is 76.3 Å². The van der Waals surface area contributed by atoms with Crippen molar-refractivity contribution >= 4 is 44.7 Å². The molecule has 1 aromatic heterocycles. The van der Waals surface area contributed by atoms with Gasteiger partial charge in [-0.15, -0.1) is 11.3 Å². The number of rotatable bonds is 6. The van der Waals surface area contributed by atoms with Crippen molar-refractivity contribution in [2.75, 3.05) is 7.05 Å². The van der Waals surface area contributed by atoms with E-state index in [1.807, 2.05) is 24.3 Å². The molecule has 0 saturated heterocycles. The summed E-state index contributed by atoms with van der Waals surface area (Å²) < 4.78 is 1.10. The van der Waals surface area contributed by atoms with Crippen molar-refractivity contribution in [3.8, 4) is 0 Å². The third kappa shape index (κ3) is 4.17. The van der Waals surface area contributed by atoms with Gasteiger partial charge in [0.1, 0.15) is 0 Å². The zero-order valence-corrected chi connectivity index (χ0v) is 15.6. The van der Waals surface area contributed by atoms with Crippen LogP contribution in [-0.2, 0) is 17.8 Å². The van der Waals surface area contributed by atoms with Gasteiger partial charge in [-0.3, -0.25) is 14.9 Å². The lowest BCUT2D eigenvalue weighted by molar-refractivity contribution is -0.384. The Bertz CT molecular complexity index is 940. The summed E-state index contributed by atoms with van der Waals surface area (Å²) in [7, 11) is 1.66. The molecule has 0 bridgehead atoms. The summed E-state index contributed by atoms with van der Waals surface area (Å²) in [5.41, 5.74) is 1.45. The normalized spacial score (nSPS) is 10.8. The van der Waals surface area contributed by atoms with Gasteiger partial charge < -0.3 is 4.90 Å². The van der Waals surface area contributed by atoms with Gasteiger partial charge in [-0.2, -0.15) is 0 Å². The van der Waals surface area contributed by atoms with Gasteiger partial charge in [0.15, 0.2) is 0 Å². The number of hydrogen-bond donors (Lipinski definition) is 0. The van der Waals surface area contributed by atoms with E-state index in [9.17, 15) is 14.9 Å². The Kier molecular flexibility index (Phi) is 5.49. The Balaban J connectivity index is 1.62. The van der Waals surface area contributed by atoms with E-state index in [1.54, 1.807) is 18.4 Å². The van der Waals surface area contributed by atoms with Crippen LogP contribution in [0.3, 0.4) is 0 Å². The van der Waals surface area contributed by atoms with Crippen LogP contribution in [-0.4, -0.2) is 27.8 Å². The van der Waals surface area contributed by atoms with Crippen molar-refractivity contribution in [1.82, 2.24) is 9.88 Å². The fraction of sp³-hybridized carbons (Fsp3) is 0.222. The van der Waals surface area contributed by atoms with Gasteiger partial charge in [-0.1, -0.05) is 23.7 Å². The first kappa shape index (κ1) is 18.3. The van der Waals surface area contributed by atoms with Crippen molar-refractivity contribution in [3.63, 3.8) is 0 Å². The monoisotopic (exact) mass is 389 g/mol. The summed E-state index contributed by atoms with van der Waals surface area (Å²) in [4.78, 5) is 28.9. The number of amides is 1. The Morgan fingerprint density at radius 1 is 1.31 bits per heavy atom. The molecule has 0 spiro atoms. The summed E-state index contributed by atoms with van der Waals surface area (Å²) in [5, 5.41) is 12.2. The highest BCUT2D eigenvalue weighted by molar-refractivity contribution is 7.18. The number of aryl methyl sites for hydroxylation is 1. The van der Waals surface area contributed by atoms with Crippen LogP contribution >= 0.6 is 22.9 Å². The van der Waals surface area contributed by atoms with Crippen LogP contribution < -0.4 is 0 Å². The summed E-state index contributed by atoms with van der Waals surface area (Å²) >= 11 is 7.68. The smallest absolute Gasteiger partial charge is 0.269 e. The van der Waals surface area contributed by atoms with Gasteiger partial charge in [0.25, 0.3) is 5.69 Å². The maximum absolute atomic E-state index is 12.4. The number of halogens is 1. The Morgan fingerprint density at radius 3 is 2.81 bits per heavy atom. The molecule has 3 rings (SSSR count). The maximum Gasteiger partial charge on any atom is 0.269 e. The summed E-state index contributed by atoms with van der Waals surface area (Å²) in [5.74, 6) is -0.0631. The molecule has 0 N–H and O–H groups in total. The molecule has 0 aliphatic carbocycles. The van der Waals surface area contributed by atoms with Crippen LogP contribution in [0.2, 0.25) is 5.02 Å². The minimum atomic E-state index is -0.477. The van der Waals surface area contributed by atoms with Gasteiger partial charge in [0.05, 0.1) is 20.1 Å². The van der Waals surface area contributed by atoms with E-state index < -0.39 is 4.92 Å². The van der Waals surface area contributed by atoms with Crippen molar-refractivity contribution in [2.45, 2.75) is 19.4 Å². The van der Waals surface area contributed by atoms with E-state index in [2.05, 4.69) is 4.98 Å². The molecule has 0 fully saturated rings. The molecule has 134 valence electrons. The lowest BCUT2D eigenvalue weighted by atomic mass is 10.2. The van der Waals surface area contributed by atoms with Gasteiger partial charge >= 0.3 is 0 Å². The Labute approximate surface area is 159 Å². The molecule has 8 heteroatoms. The second-order valence-corrected chi connectivity index (χ2v) is 7.38. The molecule has 1 amide bonds. The fourth-order valence-corrected chi connectivity index (χ4v) is 3.72. The van der Waals surface area contributed by atoms with Crippen LogP contribution in [0, 0.1) is 10.1 Å². The van der Waals surface area contributed by atoms with Crippen molar-refractivity contribution in [2.24, 2.45) is 0 Å². The fourth-order valence-electron chi connectivity index (χ4n) is 2.57. The highest BCUT2D eigenvalue weighted by Crippen LogP contribution is 2.24. The molecule has 1 heterocycles. The van der Waals surface area contributed by atoms with E-state index in [0.717, 1.165) is 15.2 Å². The summed E-state index contributed by atoms with van der Waals surface area (Å²) in [6, 6.07) is 12.1. The number of benzene rings is 2. The first-order valence-electron chi connectivity index (χ1n) is 7.95. The summed E-state index contributed by atoms with van der Waals surface area (Å²) in [6.07, 6.45) is 0.883. The molecular weight excluding hydrogens is 374 g/mol. The van der Waals surface area contributed by atoms with Gasteiger partial charge in [0.2, 0.25) is 5.91 Å². The number of nitro benzene ring substituents is 1. The predicted molar refractivity (Wildman–Crippen MR) is 103 cm³/mol. The van der Waals surface area contributed by atoms with Gasteiger partial charge in [-0.05, 0) is 23.8 Å². The number of carbonyl (C=O) groups is 1. The third-order valence-corrected chi connectivity index (χ3v) is 5.43. The molecule has 6 nitrogen and oxygen atoms in total. The number of carbonyl (C=O) groups excluding carboxylic acids is 1. The van der Waals surface area contributed by atoms with Crippen LogP contribution in [0.5, 0.6) is 0 Å². The highest BCUT2D eigenvalue weighted by atomic mass is 35.5. The van der Waals surface area contributed by atoms with Crippen LogP contribution in [0.1, 0.15) is 17.0 Å². The highest BCUT2D eigenvalue weighted by Gasteiger charge is 2.15. The maximum atomic E-state index is 12.4. The number of aromatic nitrogens is 1. The van der Waals surface area contributed by atoms with E-state index >= 15 is 0 Å². The van der Waals surface area contributed by atoms with Crippen LogP contribution in [0.4, 0.5) is 5.69 Å². The standard InChI is InChI=1S/C18H16ClN3O3S/c1-21(11-12-10-13(22(24)25)6-7-14(12)19)18(23)9-8-17-20-15-4-2-3-5-16(15)26-17/h2-7,10H,8-9,11H2,1H3. The number of nitro groups is 1. The SMILES string of the molecule is CN(Cc1cc([N+](=O)[O-])ccc1Cl)C(=O)CCc1nc2ccccc2s1. The lowest BCUT2D eigenvalue weighted by Crippen LogP contribution is -2.26. The molecule has 0 saturated carbocycles. The van der Waals surface area contributed by atoms with Crippen molar-refractivity contribution in [1.29, 1.82) is 0 Å². The predicted octanol–water partition coefficient (Wildman–Crippen LogP) is 4.45. The van der Waals surface area contributed by atoms with Gasteiger partial charge in [-0.25, -0.2) is 4.98 Å². The Morgan fingerprint density at radius 2 is 2.08 bits per heavy atom. The van der Waals surface area contributed by atoms with Crippen LogP contribution in [0.15, 0.2) is 42.5 Å². The molecule has 26 heavy (non-hydrogen) atoms. The zero-order chi connectivity index (χ0) is 18.7. The first-order chi connectivity index (χ1) is 12.4. The average Bonchev–Trinajstić information content (AvgIpc) is 3.04. The third-order valence-electron chi connectivity index (χ3n) is 3.96. The van der Waals surface area contributed by atoms with Crippen molar-refractivity contribution < 1.29 is 9.72 Å². The van der Waals surface area contributed by atoms with Crippen LogP contribution in [0.25, 0.3) is 10.2 Å². The molecule has 3 aromatic rings. The van der Waals surface area contributed by atoms with E-state index in [0.29, 0.717) is 23.4 Å². The van der Waals surface area contributed by atoms with E-state index in [1.165, 1.54) is 23.1 Å². The van der Waals surface area contributed by atoms with E-state index in [-0.39, 0.29) is 18.1 Å². The minimum absolute atomic E-state index is 0.0419. The number of thiazole rings is 1. The first-order valence-corrected chi connectivity index (χ1v) is 9.14. The number of para-hydroxylation sites is 1.